The summed E-state index contributed by atoms with van der Waals surface area (Å²) in [5, 5.41) is 9.25. The molecule has 0 radical (unpaired) electrons. The number of benzene rings is 1. The van der Waals surface area contributed by atoms with Crippen LogP contribution in [0.3, 0.4) is 0 Å². The molecule has 0 aliphatic heterocycles. The van der Waals surface area contributed by atoms with E-state index in [1.165, 1.54) is 6.20 Å². The van der Waals surface area contributed by atoms with Crippen molar-refractivity contribution >= 4 is 17.6 Å². The van der Waals surface area contributed by atoms with Gasteiger partial charge in [-0.15, -0.1) is 0 Å². The van der Waals surface area contributed by atoms with Gasteiger partial charge in [0.15, 0.2) is 5.89 Å². The molecule has 0 spiro atoms. The lowest BCUT2D eigenvalue weighted by Crippen LogP contribution is -1.98. The van der Waals surface area contributed by atoms with Gasteiger partial charge in [0.2, 0.25) is 0 Å². The van der Waals surface area contributed by atoms with Crippen molar-refractivity contribution in [3.63, 3.8) is 0 Å². The summed E-state index contributed by atoms with van der Waals surface area (Å²) in [4.78, 5) is 14.5. The molecule has 4 nitrogen and oxygen atoms in total. The van der Waals surface area contributed by atoms with Gasteiger partial charge in [-0.2, -0.15) is 0 Å². The smallest absolute Gasteiger partial charge is 0.311 e. The van der Waals surface area contributed by atoms with Crippen LogP contribution in [0.2, 0.25) is 5.02 Å². The fourth-order valence-electron chi connectivity index (χ4n) is 1.48. The molecule has 0 amide bonds. The third-order valence-corrected chi connectivity index (χ3v) is 2.41. The number of oxazole rings is 1. The van der Waals surface area contributed by atoms with Gasteiger partial charge in [0.25, 0.3) is 0 Å². The zero-order chi connectivity index (χ0) is 12.3. The highest BCUT2D eigenvalue weighted by molar-refractivity contribution is 6.30. The lowest BCUT2D eigenvalue weighted by molar-refractivity contribution is -0.136. The van der Waals surface area contributed by atoms with E-state index >= 15 is 0 Å². The molecule has 0 fully saturated rings. The van der Waals surface area contributed by atoms with E-state index in [1.54, 1.807) is 6.07 Å². The van der Waals surface area contributed by atoms with E-state index in [4.69, 9.17) is 21.1 Å². The Hall–Kier alpha value is -1.81. The van der Waals surface area contributed by atoms with Crippen molar-refractivity contribution in [2.45, 2.75) is 12.8 Å². The normalized spacial score (nSPS) is 10.4. The maximum atomic E-state index is 10.5. The first-order chi connectivity index (χ1) is 8.13. The number of carbonyl (C=O) groups is 1. The van der Waals surface area contributed by atoms with Gasteiger partial charge >= 0.3 is 5.97 Å². The van der Waals surface area contributed by atoms with Crippen molar-refractivity contribution in [1.29, 1.82) is 0 Å². The van der Waals surface area contributed by atoms with Gasteiger partial charge in [0.05, 0.1) is 6.20 Å². The lowest BCUT2D eigenvalue weighted by atomic mass is 10.1. The predicted molar refractivity (Wildman–Crippen MR) is 62.1 cm³/mol. The molecular weight excluding hydrogens is 242 g/mol. The average molecular weight is 252 g/mol. The number of halogens is 1. The molecule has 5 heteroatoms. The Labute approximate surface area is 103 Å². The Balaban J connectivity index is 2.08. The molecule has 0 atom stereocenters. The Morgan fingerprint density at radius 3 is 3.00 bits per heavy atom. The Morgan fingerprint density at radius 2 is 2.29 bits per heavy atom. The molecular formula is C12H10ClNO3. The van der Waals surface area contributed by atoms with E-state index in [9.17, 15) is 4.79 Å². The monoisotopic (exact) mass is 251 g/mol. The minimum atomic E-state index is -0.935. The summed E-state index contributed by atoms with van der Waals surface area (Å²) in [5.74, 6) is -0.0894. The molecule has 2 rings (SSSR count). The van der Waals surface area contributed by atoms with Crippen LogP contribution < -0.4 is 0 Å². The summed E-state index contributed by atoms with van der Waals surface area (Å²) < 4.78 is 5.30. The van der Waals surface area contributed by atoms with Gasteiger partial charge in [0, 0.05) is 11.4 Å². The van der Waals surface area contributed by atoms with Crippen LogP contribution in [0, 0.1) is 0 Å². The van der Waals surface area contributed by atoms with Crippen molar-refractivity contribution in [2.75, 3.05) is 0 Å². The molecule has 17 heavy (non-hydrogen) atoms. The molecule has 1 aromatic carbocycles. The molecule has 1 N–H and O–H groups in total. The number of carboxylic acid groups (broad SMARTS) is 1. The van der Waals surface area contributed by atoms with Crippen molar-refractivity contribution in [1.82, 2.24) is 4.98 Å². The van der Waals surface area contributed by atoms with Crippen molar-refractivity contribution in [3.8, 4) is 0 Å². The Bertz CT molecular complexity index is 536. The van der Waals surface area contributed by atoms with E-state index in [2.05, 4.69) is 4.98 Å². The van der Waals surface area contributed by atoms with Gasteiger partial charge in [0.1, 0.15) is 12.2 Å². The molecule has 0 bridgehead atoms. The Kier molecular flexibility index (Phi) is 3.44. The molecule has 0 aliphatic carbocycles. The average Bonchev–Trinajstić information content (AvgIpc) is 2.64. The fraction of sp³-hybridized carbons (Fsp3) is 0.167. The summed E-state index contributed by atoms with van der Waals surface area (Å²) >= 11 is 5.86. The molecule has 1 aromatic heterocycles. The lowest BCUT2D eigenvalue weighted by Gasteiger charge is -1.97. The van der Waals surface area contributed by atoms with Crippen LogP contribution in [0.4, 0.5) is 0 Å². The molecule has 0 saturated carbocycles. The molecule has 0 aliphatic rings. The summed E-state index contributed by atoms with van der Waals surface area (Å²) in [5.41, 5.74) is 0.973. The second-order valence-electron chi connectivity index (χ2n) is 3.60. The highest BCUT2D eigenvalue weighted by Gasteiger charge is 2.08. The fourth-order valence-corrected chi connectivity index (χ4v) is 1.69. The number of aromatic nitrogens is 1. The number of hydrogen-bond donors (Lipinski definition) is 1. The molecule has 1 heterocycles. The van der Waals surface area contributed by atoms with Gasteiger partial charge in [-0.25, -0.2) is 4.98 Å². The largest absolute Gasteiger partial charge is 0.481 e. The van der Waals surface area contributed by atoms with Gasteiger partial charge in [-0.1, -0.05) is 23.7 Å². The quantitative estimate of drug-likeness (QED) is 0.907. The highest BCUT2D eigenvalue weighted by atomic mass is 35.5. The maximum absolute atomic E-state index is 10.5. The first-order valence-corrected chi connectivity index (χ1v) is 5.41. The van der Waals surface area contributed by atoms with Crippen LogP contribution in [-0.4, -0.2) is 16.1 Å². The molecule has 2 aromatic rings. The first-order valence-electron chi connectivity index (χ1n) is 5.03. The third kappa shape index (κ3) is 3.32. The van der Waals surface area contributed by atoms with Crippen molar-refractivity contribution in [3.05, 3.63) is 52.7 Å². The van der Waals surface area contributed by atoms with Crippen LogP contribution >= 0.6 is 11.6 Å². The van der Waals surface area contributed by atoms with Gasteiger partial charge in [-0.3, -0.25) is 4.79 Å². The van der Waals surface area contributed by atoms with Crippen LogP contribution in [0.15, 0.2) is 34.9 Å². The minimum absolute atomic E-state index is 0.150. The van der Waals surface area contributed by atoms with Crippen LogP contribution in [-0.2, 0) is 17.6 Å². The van der Waals surface area contributed by atoms with Crippen LogP contribution in [0.5, 0.6) is 0 Å². The van der Waals surface area contributed by atoms with E-state index in [0.29, 0.717) is 23.1 Å². The molecule has 0 saturated heterocycles. The van der Waals surface area contributed by atoms with E-state index in [-0.39, 0.29) is 6.42 Å². The number of hydrogen-bond acceptors (Lipinski definition) is 3. The SMILES string of the molecule is O=C(O)Cc1cnc(Cc2cccc(Cl)c2)o1. The standard InChI is InChI=1S/C12H10ClNO3/c13-9-3-1-2-8(4-9)5-11-14-7-10(17-11)6-12(15)16/h1-4,7H,5-6H2,(H,15,16). The summed E-state index contributed by atoms with van der Waals surface area (Å²) in [6.45, 7) is 0. The summed E-state index contributed by atoms with van der Waals surface area (Å²) in [7, 11) is 0. The second kappa shape index (κ2) is 5.01. The van der Waals surface area contributed by atoms with Gasteiger partial charge < -0.3 is 9.52 Å². The van der Waals surface area contributed by atoms with Crippen LogP contribution in [0.1, 0.15) is 17.2 Å². The van der Waals surface area contributed by atoms with Crippen molar-refractivity contribution < 1.29 is 14.3 Å². The second-order valence-corrected chi connectivity index (χ2v) is 4.03. The molecule has 88 valence electrons. The van der Waals surface area contributed by atoms with Crippen molar-refractivity contribution in [2.24, 2.45) is 0 Å². The number of carboxylic acids is 1. The van der Waals surface area contributed by atoms with E-state index < -0.39 is 5.97 Å². The number of rotatable bonds is 4. The predicted octanol–water partition coefficient (Wildman–Crippen LogP) is 2.55. The zero-order valence-electron chi connectivity index (χ0n) is 8.89. The summed E-state index contributed by atoms with van der Waals surface area (Å²) in [6.07, 6.45) is 1.79. The molecule has 0 unspecified atom stereocenters. The van der Waals surface area contributed by atoms with E-state index in [0.717, 1.165) is 5.56 Å². The van der Waals surface area contributed by atoms with E-state index in [1.807, 2.05) is 18.2 Å². The summed E-state index contributed by atoms with van der Waals surface area (Å²) in [6, 6.07) is 7.37. The first kappa shape index (κ1) is 11.7. The number of aliphatic carboxylic acids is 1. The Morgan fingerprint density at radius 1 is 1.47 bits per heavy atom. The number of nitrogens with zero attached hydrogens (tertiary/aromatic N) is 1. The maximum Gasteiger partial charge on any atom is 0.311 e. The topological polar surface area (TPSA) is 63.3 Å². The zero-order valence-corrected chi connectivity index (χ0v) is 9.65. The van der Waals surface area contributed by atoms with Gasteiger partial charge in [-0.05, 0) is 17.7 Å². The van der Waals surface area contributed by atoms with Crippen LogP contribution in [0.25, 0.3) is 0 Å². The highest BCUT2D eigenvalue weighted by Crippen LogP contribution is 2.15. The third-order valence-electron chi connectivity index (χ3n) is 2.17. The minimum Gasteiger partial charge on any atom is -0.481 e.